The number of alkyl carbamates (subject to hydrolysis) is 1. The summed E-state index contributed by atoms with van der Waals surface area (Å²) in [5, 5.41) is 2.74. The molecule has 0 saturated heterocycles. The molecular weight excluding hydrogens is 282 g/mol. The van der Waals surface area contributed by atoms with Crippen LogP contribution in [0.3, 0.4) is 0 Å². The van der Waals surface area contributed by atoms with E-state index < -0.39 is 0 Å². The Kier molecular flexibility index (Phi) is 9.74. The third-order valence-electron chi connectivity index (χ3n) is 3.04. The largest absolute Gasteiger partial charge is 0.445 e. The van der Waals surface area contributed by atoms with Crippen LogP contribution in [0.2, 0.25) is 0 Å². The summed E-state index contributed by atoms with van der Waals surface area (Å²) in [7, 11) is 3.20. The van der Waals surface area contributed by atoms with Gasteiger partial charge in [-0.25, -0.2) is 4.79 Å². The number of hydrogen-bond donors (Lipinski definition) is 1. The van der Waals surface area contributed by atoms with E-state index in [0.717, 1.165) is 24.8 Å². The number of nitrogens with one attached hydrogen (secondary N) is 1. The SMILES string of the molecule is COC(/C=C/CCCCNC(=O)OCc1ccccc1)OC. The van der Waals surface area contributed by atoms with Gasteiger partial charge in [0.1, 0.15) is 6.61 Å². The van der Waals surface area contributed by atoms with Gasteiger partial charge in [-0.1, -0.05) is 36.4 Å². The monoisotopic (exact) mass is 307 g/mol. The van der Waals surface area contributed by atoms with E-state index in [2.05, 4.69) is 5.32 Å². The highest BCUT2D eigenvalue weighted by molar-refractivity contribution is 5.67. The summed E-state index contributed by atoms with van der Waals surface area (Å²) >= 11 is 0. The summed E-state index contributed by atoms with van der Waals surface area (Å²) < 4.78 is 15.2. The summed E-state index contributed by atoms with van der Waals surface area (Å²) in [4.78, 5) is 11.5. The van der Waals surface area contributed by atoms with E-state index in [4.69, 9.17) is 14.2 Å². The van der Waals surface area contributed by atoms with Crippen LogP contribution in [-0.4, -0.2) is 33.1 Å². The van der Waals surface area contributed by atoms with E-state index in [1.54, 1.807) is 14.2 Å². The third-order valence-corrected chi connectivity index (χ3v) is 3.04. The topological polar surface area (TPSA) is 56.8 Å². The van der Waals surface area contributed by atoms with Crippen molar-refractivity contribution in [3.8, 4) is 0 Å². The zero-order valence-corrected chi connectivity index (χ0v) is 13.3. The quantitative estimate of drug-likeness (QED) is 0.409. The molecule has 0 aliphatic heterocycles. The predicted octanol–water partition coefficient (Wildman–Crippen LogP) is 3.26. The molecule has 1 aromatic rings. The van der Waals surface area contributed by atoms with E-state index in [1.807, 2.05) is 42.5 Å². The lowest BCUT2D eigenvalue weighted by Gasteiger charge is -2.07. The van der Waals surface area contributed by atoms with Gasteiger partial charge in [0, 0.05) is 20.8 Å². The van der Waals surface area contributed by atoms with Crippen molar-refractivity contribution in [3.63, 3.8) is 0 Å². The van der Waals surface area contributed by atoms with Crippen LogP contribution >= 0.6 is 0 Å². The van der Waals surface area contributed by atoms with Crippen LogP contribution in [0.25, 0.3) is 0 Å². The number of carbonyl (C=O) groups excluding carboxylic acids is 1. The number of benzene rings is 1. The second-order valence-electron chi connectivity index (χ2n) is 4.75. The molecule has 0 aromatic heterocycles. The number of amides is 1. The van der Waals surface area contributed by atoms with Crippen LogP contribution in [-0.2, 0) is 20.8 Å². The number of allylic oxidation sites excluding steroid dienone is 1. The van der Waals surface area contributed by atoms with Crippen molar-refractivity contribution in [1.29, 1.82) is 0 Å². The third kappa shape index (κ3) is 8.44. The maximum absolute atomic E-state index is 11.5. The lowest BCUT2D eigenvalue weighted by atomic mass is 10.2. The minimum Gasteiger partial charge on any atom is -0.445 e. The van der Waals surface area contributed by atoms with Gasteiger partial charge in [-0.15, -0.1) is 0 Å². The molecule has 0 radical (unpaired) electrons. The average molecular weight is 307 g/mol. The van der Waals surface area contributed by atoms with Crippen LogP contribution in [0.4, 0.5) is 4.79 Å². The Balaban J connectivity index is 2.01. The molecule has 1 N–H and O–H groups in total. The number of rotatable bonds is 10. The molecule has 0 spiro atoms. The van der Waals surface area contributed by atoms with Gasteiger partial charge < -0.3 is 19.5 Å². The molecule has 122 valence electrons. The van der Waals surface area contributed by atoms with Crippen molar-refractivity contribution < 1.29 is 19.0 Å². The summed E-state index contributed by atoms with van der Waals surface area (Å²) in [5.41, 5.74) is 0.980. The van der Waals surface area contributed by atoms with E-state index in [0.29, 0.717) is 13.2 Å². The minimum absolute atomic E-state index is 0.286. The van der Waals surface area contributed by atoms with Gasteiger partial charge in [-0.2, -0.15) is 0 Å². The molecular formula is C17H25NO4. The van der Waals surface area contributed by atoms with Gasteiger partial charge in [-0.3, -0.25) is 0 Å². The fraction of sp³-hybridized carbons (Fsp3) is 0.471. The van der Waals surface area contributed by atoms with Crippen molar-refractivity contribution in [2.45, 2.75) is 32.2 Å². The van der Waals surface area contributed by atoms with Gasteiger partial charge >= 0.3 is 6.09 Å². The summed E-state index contributed by atoms with van der Waals surface area (Å²) in [6.45, 7) is 0.907. The van der Waals surface area contributed by atoms with Crippen LogP contribution in [0.5, 0.6) is 0 Å². The molecule has 0 atom stereocenters. The molecule has 0 aliphatic rings. The molecule has 1 aromatic carbocycles. The number of hydrogen-bond acceptors (Lipinski definition) is 4. The summed E-state index contributed by atoms with van der Waals surface area (Å²) in [5.74, 6) is 0. The maximum atomic E-state index is 11.5. The van der Waals surface area contributed by atoms with E-state index in [1.165, 1.54) is 0 Å². The zero-order valence-electron chi connectivity index (χ0n) is 13.3. The predicted molar refractivity (Wildman–Crippen MR) is 85.4 cm³/mol. The van der Waals surface area contributed by atoms with Crippen molar-refractivity contribution in [2.75, 3.05) is 20.8 Å². The Morgan fingerprint density at radius 2 is 1.91 bits per heavy atom. The highest BCUT2D eigenvalue weighted by Crippen LogP contribution is 2.01. The number of methoxy groups -OCH3 is 2. The molecule has 0 saturated carbocycles. The van der Waals surface area contributed by atoms with Gasteiger partial charge in [0.2, 0.25) is 0 Å². The smallest absolute Gasteiger partial charge is 0.407 e. The standard InChI is InChI=1S/C17H25NO4/c1-20-16(21-2)12-8-3-4-9-13-18-17(19)22-14-15-10-6-5-7-11-15/h5-8,10-12,16H,3-4,9,13-14H2,1-2H3,(H,18,19)/b12-8+. The fourth-order valence-electron chi connectivity index (χ4n) is 1.81. The number of ether oxygens (including phenoxy) is 3. The highest BCUT2D eigenvalue weighted by Gasteiger charge is 2.01. The van der Waals surface area contributed by atoms with Gasteiger partial charge in [0.15, 0.2) is 6.29 Å². The van der Waals surface area contributed by atoms with Crippen LogP contribution < -0.4 is 5.32 Å². The lowest BCUT2D eigenvalue weighted by Crippen LogP contribution is -2.25. The van der Waals surface area contributed by atoms with Crippen molar-refractivity contribution >= 4 is 6.09 Å². The molecule has 0 bridgehead atoms. The summed E-state index contributed by atoms with van der Waals surface area (Å²) in [6.07, 6.45) is 6.03. The molecule has 5 heteroatoms. The van der Waals surface area contributed by atoms with Crippen LogP contribution in [0, 0.1) is 0 Å². The normalized spacial score (nSPS) is 11.0. The molecule has 1 rings (SSSR count). The first-order chi connectivity index (χ1) is 10.8. The van der Waals surface area contributed by atoms with Crippen molar-refractivity contribution in [1.82, 2.24) is 5.32 Å². The lowest BCUT2D eigenvalue weighted by molar-refractivity contribution is -0.0667. The molecule has 22 heavy (non-hydrogen) atoms. The second-order valence-corrected chi connectivity index (χ2v) is 4.75. The number of carbonyl (C=O) groups is 1. The first-order valence-electron chi connectivity index (χ1n) is 7.43. The van der Waals surface area contributed by atoms with E-state index >= 15 is 0 Å². The van der Waals surface area contributed by atoms with E-state index in [9.17, 15) is 4.79 Å². The minimum atomic E-state index is -0.377. The molecule has 5 nitrogen and oxygen atoms in total. The Bertz CT molecular complexity index is 430. The van der Waals surface area contributed by atoms with Crippen molar-refractivity contribution in [3.05, 3.63) is 48.0 Å². The Morgan fingerprint density at radius 1 is 1.18 bits per heavy atom. The molecule has 0 unspecified atom stereocenters. The first kappa shape index (κ1) is 18.2. The Labute approximate surface area is 132 Å². The van der Waals surface area contributed by atoms with Crippen molar-refractivity contribution in [2.24, 2.45) is 0 Å². The second kappa shape index (κ2) is 11.8. The Hall–Kier alpha value is -1.85. The average Bonchev–Trinajstić information content (AvgIpc) is 2.56. The molecule has 1 amide bonds. The van der Waals surface area contributed by atoms with Gasteiger partial charge in [0.25, 0.3) is 0 Å². The zero-order chi connectivity index (χ0) is 16.0. The highest BCUT2D eigenvalue weighted by atomic mass is 16.7. The summed E-state index contributed by atoms with van der Waals surface area (Å²) in [6, 6.07) is 9.61. The molecule has 0 aliphatic carbocycles. The van der Waals surface area contributed by atoms with Gasteiger partial charge in [-0.05, 0) is 30.9 Å². The van der Waals surface area contributed by atoms with Gasteiger partial charge in [0.05, 0.1) is 0 Å². The number of unbranched alkanes of at least 4 members (excludes halogenated alkanes) is 2. The van der Waals surface area contributed by atoms with Crippen LogP contribution in [0.1, 0.15) is 24.8 Å². The van der Waals surface area contributed by atoms with E-state index in [-0.39, 0.29) is 12.4 Å². The maximum Gasteiger partial charge on any atom is 0.407 e. The fourth-order valence-corrected chi connectivity index (χ4v) is 1.81. The van der Waals surface area contributed by atoms with Crippen LogP contribution in [0.15, 0.2) is 42.5 Å². The molecule has 0 heterocycles. The Morgan fingerprint density at radius 3 is 2.59 bits per heavy atom. The first-order valence-corrected chi connectivity index (χ1v) is 7.43. The molecule has 0 fully saturated rings.